The number of hydrogen-bond donors (Lipinski definition) is 2. The van der Waals surface area contributed by atoms with Gasteiger partial charge in [0.25, 0.3) is 0 Å². The summed E-state index contributed by atoms with van der Waals surface area (Å²) < 4.78 is 28.1. The number of nitrogens with one attached hydrogen (secondary N) is 1. The Balaban J connectivity index is 2.48. The summed E-state index contributed by atoms with van der Waals surface area (Å²) in [5, 5.41) is 11.9. The van der Waals surface area contributed by atoms with E-state index in [1.54, 1.807) is 12.1 Å². The smallest absolute Gasteiger partial charge is 0.387 e. The van der Waals surface area contributed by atoms with Crippen LogP contribution >= 0.6 is 0 Å². The molecule has 0 saturated carbocycles. The van der Waals surface area contributed by atoms with Gasteiger partial charge in [0.1, 0.15) is 5.75 Å². The Kier molecular flexibility index (Phi) is 5.86. The molecular formula is C12H17F2NO2. The first-order chi connectivity index (χ1) is 8.13. The molecule has 96 valence electrons. The van der Waals surface area contributed by atoms with Gasteiger partial charge >= 0.3 is 6.61 Å². The summed E-state index contributed by atoms with van der Waals surface area (Å²) in [7, 11) is 0. The third-order valence-corrected chi connectivity index (χ3v) is 2.39. The molecule has 0 saturated heterocycles. The summed E-state index contributed by atoms with van der Waals surface area (Å²) >= 11 is 0. The fraction of sp³-hybridized carbons (Fsp3) is 0.500. The summed E-state index contributed by atoms with van der Waals surface area (Å²) in [6, 6.07) is 6.64. The molecule has 1 rings (SSSR count). The molecule has 2 N–H and O–H groups in total. The maximum atomic E-state index is 11.9. The van der Waals surface area contributed by atoms with Crippen LogP contribution in [0.5, 0.6) is 5.75 Å². The molecule has 0 amide bonds. The van der Waals surface area contributed by atoms with E-state index in [-0.39, 0.29) is 18.4 Å². The standard InChI is InChI=1S/C12H17F2NO2/c1-9(15-7-2-8-16)10-3-5-11(6-4-10)17-12(13)14/h3-6,9,12,15-16H,2,7-8H2,1H3. The van der Waals surface area contributed by atoms with Crippen LogP contribution in [0.25, 0.3) is 0 Å². The quantitative estimate of drug-likeness (QED) is 0.724. The van der Waals surface area contributed by atoms with Gasteiger partial charge in [0.05, 0.1) is 0 Å². The van der Waals surface area contributed by atoms with Gasteiger partial charge in [-0.2, -0.15) is 8.78 Å². The molecular weight excluding hydrogens is 228 g/mol. The zero-order chi connectivity index (χ0) is 12.7. The lowest BCUT2D eigenvalue weighted by Gasteiger charge is -2.14. The lowest BCUT2D eigenvalue weighted by atomic mass is 10.1. The van der Waals surface area contributed by atoms with Crippen molar-refractivity contribution in [3.8, 4) is 5.75 Å². The first-order valence-corrected chi connectivity index (χ1v) is 5.52. The average Bonchev–Trinajstić information content (AvgIpc) is 2.29. The normalized spacial score (nSPS) is 12.8. The largest absolute Gasteiger partial charge is 0.435 e. The van der Waals surface area contributed by atoms with E-state index in [0.29, 0.717) is 13.0 Å². The topological polar surface area (TPSA) is 41.5 Å². The Hall–Kier alpha value is -1.20. The fourth-order valence-electron chi connectivity index (χ4n) is 1.45. The van der Waals surface area contributed by atoms with Gasteiger partial charge in [-0.3, -0.25) is 0 Å². The molecule has 0 radical (unpaired) electrons. The van der Waals surface area contributed by atoms with Crippen molar-refractivity contribution in [1.82, 2.24) is 5.32 Å². The maximum absolute atomic E-state index is 11.9. The first-order valence-electron chi connectivity index (χ1n) is 5.52. The molecule has 0 heterocycles. The van der Waals surface area contributed by atoms with E-state index in [9.17, 15) is 8.78 Å². The SMILES string of the molecule is CC(NCCCO)c1ccc(OC(F)F)cc1. The van der Waals surface area contributed by atoms with Crippen molar-refractivity contribution >= 4 is 0 Å². The minimum absolute atomic E-state index is 0.113. The number of alkyl halides is 2. The Morgan fingerprint density at radius 2 is 1.94 bits per heavy atom. The van der Waals surface area contributed by atoms with Crippen LogP contribution in [0, 0.1) is 0 Å². The van der Waals surface area contributed by atoms with Crippen molar-refractivity contribution in [3.05, 3.63) is 29.8 Å². The zero-order valence-electron chi connectivity index (χ0n) is 9.70. The number of halogens is 2. The number of hydrogen-bond acceptors (Lipinski definition) is 3. The van der Waals surface area contributed by atoms with E-state index in [1.165, 1.54) is 12.1 Å². The van der Waals surface area contributed by atoms with Gasteiger partial charge < -0.3 is 15.2 Å². The van der Waals surface area contributed by atoms with Crippen molar-refractivity contribution in [2.75, 3.05) is 13.2 Å². The van der Waals surface area contributed by atoms with E-state index in [0.717, 1.165) is 5.56 Å². The number of aliphatic hydroxyl groups is 1. The van der Waals surface area contributed by atoms with E-state index in [4.69, 9.17) is 5.11 Å². The van der Waals surface area contributed by atoms with Crippen LogP contribution in [-0.4, -0.2) is 24.9 Å². The summed E-state index contributed by atoms with van der Waals surface area (Å²) in [6.45, 7) is 0.0507. The molecule has 1 unspecified atom stereocenters. The highest BCUT2D eigenvalue weighted by Gasteiger charge is 2.06. The molecule has 3 nitrogen and oxygen atoms in total. The van der Waals surface area contributed by atoms with Crippen LogP contribution in [0.15, 0.2) is 24.3 Å². The highest BCUT2D eigenvalue weighted by Crippen LogP contribution is 2.18. The second-order valence-electron chi connectivity index (χ2n) is 3.70. The number of benzene rings is 1. The highest BCUT2D eigenvalue weighted by molar-refractivity contribution is 5.28. The van der Waals surface area contributed by atoms with Crippen molar-refractivity contribution in [2.24, 2.45) is 0 Å². The van der Waals surface area contributed by atoms with E-state index in [2.05, 4.69) is 10.1 Å². The third kappa shape index (κ3) is 5.10. The predicted octanol–water partition coefficient (Wildman–Crippen LogP) is 2.32. The first kappa shape index (κ1) is 13.9. The molecule has 1 aromatic rings. The molecule has 5 heteroatoms. The minimum Gasteiger partial charge on any atom is -0.435 e. The minimum atomic E-state index is -2.79. The second kappa shape index (κ2) is 7.19. The predicted molar refractivity (Wildman–Crippen MR) is 61.2 cm³/mol. The molecule has 0 aliphatic heterocycles. The molecule has 0 aliphatic rings. The van der Waals surface area contributed by atoms with Crippen LogP contribution < -0.4 is 10.1 Å². The Morgan fingerprint density at radius 3 is 2.47 bits per heavy atom. The molecule has 1 atom stereocenters. The van der Waals surface area contributed by atoms with Gasteiger partial charge in [0.2, 0.25) is 0 Å². The molecule has 0 spiro atoms. The summed E-state index contributed by atoms with van der Waals surface area (Å²) in [5.74, 6) is 0.159. The molecule has 0 aliphatic carbocycles. The lowest BCUT2D eigenvalue weighted by Crippen LogP contribution is -2.20. The molecule has 0 bridgehead atoms. The van der Waals surface area contributed by atoms with E-state index in [1.807, 2.05) is 6.92 Å². The maximum Gasteiger partial charge on any atom is 0.387 e. The number of aliphatic hydroxyl groups excluding tert-OH is 1. The molecule has 0 fully saturated rings. The van der Waals surface area contributed by atoms with E-state index < -0.39 is 6.61 Å². The Bertz CT molecular complexity index is 317. The van der Waals surface area contributed by atoms with Crippen LogP contribution in [0.1, 0.15) is 24.9 Å². The van der Waals surface area contributed by atoms with Gasteiger partial charge in [-0.25, -0.2) is 0 Å². The fourth-order valence-corrected chi connectivity index (χ4v) is 1.45. The highest BCUT2D eigenvalue weighted by atomic mass is 19.3. The molecule has 0 aromatic heterocycles. The van der Waals surface area contributed by atoms with Gasteiger partial charge in [-0.1, -0.05) is 12.1 Å². The molecule has 17 heavy (non-hydrogen) atoms. The lowest BCUT2D eigenvalue weighted by molar-refractivity contribution is -0.0498. The van der Waals surface area contributed by atoms with E-state index >= 15 is 0 Å². The van der Waals surface area contributed by atoms with Crippen molar-refractivity contribution < 1.29 is 18.6 Å². The van der Waals surface area contributed by atoms with Gasteiger partial charge in [-0.15, -0.1) is 0 Å². The van der Waals surface area contributed by atoms with Gasteiger partial charge in [-0.05, 0) is 37.6 Å². The van der Waals surface area contributed by atoms with Gasteiger partial charge in [0.15, 0.2) is 0 Å². The van der Waals surface area contributed by atoms with Crippen molar-refractivity contribution in [3.63, 3.8) is 0 Å². The summed E-state index contributed by atoms with van der Waals surface area (Å²) in [5.41, 5.74) is 0.990. The van der Waals surface area contributed by atoms with Crippen LogP contribution in [0.2, 0.25) is 0 Å². The Morgan fingerprint density at radius 1 is 1.29 bits per heavy atom. The monoisotopic (exact) mass is 245 g/mol. The van der Waals surface area contributed by atoms with Crippen LogP contribution in [-0.2, 0) is 0 Å². The van der Waals surface area contributed by atoms with Crippen molar-refractivity contribution in [1.29, 1.82) is 0 Å². The zero-order valence-corrected chi connectivity index (χ0v) is 9.70. The third-order valence-electron chi connectivity index (χ3n) is 2.39. The van der Waals surface area contributed by atoms with Crippen LogP contribution in [0.4, 0.5) is 8.78 Å². The van der Waals surface area contributed by atoms with Crippen LogP contribution in [0.3, 0.4) is 0 Å². The number of rotatable bonds is 7. The number of ether oxygens (including phenoxy) is 1. The molecule has 1 aromatic carbocycles. The van der Waals surface area contributed by atoms with Gasteiger partial charge in [0, 0.05) is 12.6 Å². The van der Waals surface area contributed by atoms with Crippen molar-refractivity contribution in [2.45, 2.75) is 26.0 Å². The average molecular weight is 245 g/mol. The summed E-state index contributed by atoms with van der Waals surface area (Å²) in [4.78, 5) is 0. The summed E-state index contributed by atoms with van der Waals surface area (Å²) in [6.07, 6.45) is 0.691. The second-order valence-corrected chi connectivity index (χ2v) is 3.70. The Labute approximate surface area is 99.4 Å².